The average Bonchev–Trinajstić information content (AvgIpc) is 3.62. The summed E-state index contributed by atoms with van der Waals surface area (Å²) in [5.41, 5.74) is 0.843. The fraction of sp³-hybridized carbons (Fsp3) is 0.481. The summed E-state index contributed by atoms with van der Waals surface area (Å²) in [5, 5.41) is 9.32. The molecular formula is C27H33N5O4S. The van der Waals surface area contributed by atoms with Crippen LogP contribution in [0, 0.1) is 5.92 Å². The number of amides is 2. The molecule has 10 heteroatoms. The van der Waals surface area contributed by atoms with E-state index in [9.17, 15) is 9.59 Å². The van der Waals surface area contributed by atoms with Crippen molar-refractivity contribution in [3.8, 4) is 23.0 Å². The third kappa shape index (κ3) is 5.53. The van der Waals surface area contributed by atoms with E-state index in [0.717, 1.165) is 37.1 Å². The molecule has 0 N–H and O–H groups in total. The number of methoxy groups -OCH3 is 1. The Kier molecular flexibility index (Phi) is 7.83. The van der Waals surface area contributed by atoms with E-state index in [-0.39, 0.29) is 29.5 Å². The summed E-state index contributed by atoms with van der Waals surface area (Å²) in [6, 6.07) is 11.2. The Morgan fingerprint density at radius 2 is 1.86 bits per heavy atom. The predicted octanol–water partition coefficient (Wildman–Crippen LogP) is 4.27. The highest BCUT2D eigenvalue weighted by molar-refractivity contribution is 7.99. The molecule has 37 heavy (non-hydrogen) atoms. The normalized spacial score (nSPS) is 18.7. The number of furan rings is 1. The van der Waals surface area contributed by atoms with Gasteiger partial charge in [0.25, 0.3) is 0 Å². The number of hydrogen-bond acceptors (Lipinski definition) is 7. The van der Waals surface area contributed by atoms with E-state index < -0.39 is 0 Å². The van der Waals surface area contributed by atoms with Crippen molar-refractivity contribution in [3.05, 3.63) is 42.7 Å². The minimum atomic E-state index is 0.0191. The lowest BCUT2D eigenvalue weighted by molar-refractivity contribution is -0.145. The van der Waals surface area contributed by atoms with Gasteiger partial charge in [0.15, 0.2) is 10.9 Å². The van der Waals surface area contributed by atoms with Crippen LogP contribution in [0.5, 0.6) is 5.75 Å². The average molecular weight is 524 g/mol. The first-order valence-electron chi connectivity index (χ1n) is 12.9. The molecule has 1 aliphatic carbocycles. The highest BCUT2D eigenvalue weighted by Crippen LogP contribution is 2.30. The maximum absolute atomic E-state index is 13.2. The van der Waals surface area contributed by atoms with Gasteiger partial charge in [0.05, 0.1) is 24.8 Å². The van der Waals surface area contributed by atoms with E-state index >= 15 is 0 Å². The van der Waals surface area contributed by atoms with Gasteiger partial charge in [0.2, 0.25) is 17.6 Å². The fourth-order valence-corrected chi connectivity index (χ4v) is 6.06. The van der Waals surface area contributed by atoms with E-state index in [1.165, 1.54) is 18.2 Å². The van der Waals surface area contributed by atoms with E-state index in [2.05, 4.69) is 10.2 Å². The summed E-state index contributed by atoms with van der Waals surface area (Å²) in [6.45, 7) is 3.76. The number of nitrogens with zero attached hydrogens (tertiary/aromatic N) is 5. The first-order valence-corrected chi connectivity index (χ1v) is 13.9. The van der Waals surface area contributed by atoms with Crippen LogP contribution >= 0.6 is 11.8 Å². The van der Waals surface area contributed by atoms with E-state index in [1.54, 1.807) is 19.4 Å². The van der Waals surface area contributed by atoms with E-state index in [0.29, 0.717) is 36.4 Å². The van der Waals surface area contributed by atoms with Crippen molar-refractivity contribution >= 4 is 23.6 Å². The molecule has 0 radical (unpaired) electrons. The zero-order chi connectivity index (χ0) is 25.8. The quantitative estimate of drug-likeness (QED) is 0.427. The Hall–Kier alpha value is -3.27. The van der Waals surface area contributed by atoms with Crippen LogP contribution in [-0.4, -0.2) is 74.9 Å². The molecule has 196 valence electrons. The molecular weight excluding hydrogens is 490 g/mol. The minimum Gasteiger partial charge on any atom is -0.497 e. The lowest BCUT2D eigenvalue weighted by Gasteiger charge is -2.41. The number of carbonyl (C=O) groups excluding carboxylic acids is 2. The van der Waals surface area contributed by atoms with E-state index in [4.69, 9.17) is 9.15 Å². The van der Waals surface area contributed by atoms with Gasteiger partial charge >= 0.3 is 0 Å². The molecule has 3 heterocycles. The van der Waals surface area contributed by atoms with Gasteiger partial charge < -0.3 is 19.0 Å². The van der Waals surface area contributed by atoms with Gasteiger partial charge in [-0.1, -0.05) is 31.0 Å². The number of hydrogen-bond donors (Lipinski definition) is 0. The molecule has 2 fully saturated rings. The van der Waals surface area contributed by atoms with Gasteiger partial charge in [-0.2, -0.15) is 0 Å². The molecule has 1 unspecified atom stereocenters. The minimum absolute atomic E-state index is 0.0191. The lowest BCUT2D eigenvalue weighted by Crippen LogP contribution is -2.57. The number of ether oxygens (including phenoxy) is 1. The van der Waals surface area contributed by atoms with Crippen LogP contribution in [0.2, 0.25) is 0 Å². The highest BCUT2D eigenvalue weighted by atomic mass is 32.2. The van der Waals surface area contributed by atoms with Gasteiger partial charge in [0.1, 0.15) is 5.75 Å². The molecule has 1 atom stereocenters. The number of thioether (sulfide) groups is 1. The molecule has 3 aromatic rings. The number of aromatic nitrogens is 3. The van der Waals surface area contributed by atoms with Gasteiger partial charge in [-0.3, -0.25) is 14.2 Å². The maximum atomic E-state index is 13.2. The Labute approximate surface area is 221 Å². The zero-order valence-electron chi connectivity index (χ0n) is 21.3. The third-order valence-electron chi connectivity index (χ3n) is 7.25. The Balaban J connectivity index is 1.25. The summed E-state index contributed by atoms with van der Waals surface area (Å²) >= 11 is 1.35. The van der Waals surface area contributed by atoms with E-state index in [1.807, 2.05) is 51.6 Å². The monoisotopic (exact) mass is 523 g/mol. The topological polar surface area (TPSA) is 93.7 Å². The molecule has 2 amide bonds. The molecule has 1 saturated carbocycles. The second kappa shape index (κ2) is 11.4. The standard InChI is InChI=1S/C27H33N5O4S/c1-19-17-30(14-15-31(19)26(34)20-7-4-3-5-8-20)24(33)18-37-27-29-28-25(23-9-6-16-36-23)32(27)21-10-12-22(35-2)13-11-21/h6,9-13,16,19-20H,3-5,7-8,14-15,17-18H2,1-2H3. The second-order valence-electron chi connectivity index (χ2n) is 9.66. The number of rotatable bonds is 7. The Morgan fingerprint density at radius 1 is 1.08 bits per heavy atom. The summed E-state index contributed by atoms with van der Waals surface area (Å²) in [4.78, 5) is 30.1. The molecule has 9 nitrogen and oxygen atoms in total. The molecule has 0 spiro atoms. The maximum Gasteiger partial charge on any atom is 0.233 e. The number of benzene rings is 1. The number of piperazine rings is 1. The SMILES string of the molecule is COc1ccc(-n2c(SCC(=O)N3CCN(C(=O)C4CCCCC4)C(C)C3)nnc2-c2ccco2)cc1. The highest BCUT2D eigenvalue weighted by Gasteiger charge is 2.33. The van der Waals surface area contributed by atoms with Gasteiger partial charge in [-0.25, -0.2) is 0 Å². The summed E-state index contributed by atoms with van der Waals surface area (Å²) in [6.07, 6.45) is 7.10. The third-order valence-corrected chi connectivity index (χ3v) is 8.16. The predicted molar refractivity (Wildman–Crippen MR) is 141 cm³/mol. The molecule has 5 rings (SSSR count). The fourth-order valence-electron chi connectivity index (χ4n) is 5.21. The van der Waals surface area contributed by atoms with Crippen LogP contribution in [0.1, 0.15) is 39.0 Å². The molecule has 1 aliphatic heterocycles. The summed E-state index contributed by atoms with van der Waals surface area (Å²) < 4.78 is 12.8. The molecule has 1 saturated heterocycles. The zero-order valence-corrected chi connectivity index (χ0v) is 22.2. The molecule has 2 aliphatic rings. The van der Waals surface area contributed by atoms with Crippen LogP contribution in [0.15, 0.2) is 52.2 Å². The Morgan fingerprint density at radius 3 is 2.54 bits per heavy atom. The van der Waals surface area contributed by atoms with Crippen LogP contribution in [0.3, 0.4) is 0 Å². The van der Waals surface area contributed by atoms with Crippen molar-refractivity contribution in [2.45, 2.75) is 50.2 Å². The van der Waals surface area contributed by atoms with Crippen molar-refractivity contribution < 1.29 is 18.7 Å². The van der Waals surface area contributed by atoms with Crippen LogP contribution in [0.25, 0.3) is 17.3 Å². The summed E-state index contributed by atoms with van der Waals surface area (Å²) in [7, 11) is 1.63. The van der Waals surface area contributed by atoms with Gasteiger partial charge in [-0.05, 0) is 56.2 Å². The largest absolute Gasteiger partial charge is 0.497 e. The van der Waals surface area contributed by atoms with Crippen molar-refractivity contribution in [3.63, 3.8) is 0 Å². The Bertz CT molecular complexity index is 1200. The van der Waals surface area contributed by atoms with Crippen molar-refractivity contribution in [2.75, 3.05) is 32.5 Å². The van der Waals surface area contributed by atoms with Crippen molar-refractivity contribution in [1.29, 1.82) is 0 Å². The van der Waals surface area contributed by atoms with Crippen LogP contribution in [0.4, 0.5) is 0 Å². The van der Waals surface area contributed by atoms with Crippen molar-refractivity contribution in [1.82, 2.24) is 24.6 Å². The number of carbonyl (C=O) groups is 2. The summed E-state index contributed by atoms with van der Waals surface area (Å²) in [5.74, 6) is 2.59. The lowest BCUT2D eigenvalue weighted by atomic mass is 9.88. The van der Waals surface area contributed by atoms with Gasteiger partial charge in [-0.15, -0.1) is 10.2 Å². The van der Waals surface area contributed by atoms with Crippen LogP contribution in [-0.2, 0) is 9.59 Å². The second-order valence-corrected chi connectivity index (χ2v) is 10.6. The van der Waals surface area contributed by atoms with Crippen LogP contribution < -0.4 is 4.74 Å². The molecule has 1 aromatic carbocycles. The molecule has 0 bridgehead atoms. The van der Waals surface area contributed by atoms with Gasteiger partial charge in [0, 0.05) is 31.6 Å². The molecule has 2 aromatic heterocycles. The van der Waals surface area contributed by atoms with Crippen molar-refractivity contribution in [2.24, 2.45) is 5.92 Å². The first-order chi connectivity index (χ1) is 18.0. The smallest absolute Gasteiger partial charge is 0.233 e. The first kappa shape index (κ1) is 25.4.